The number of piperazine rings is 1. The van der Waals surface area contributed by atoms with Gasteiger partial charge >= 0.3 is 0 Å². The molecule has 5 nitrogen and oxygen atoms in total. The van der Waals surface area contributed by atoms with Crippen LogP contribution in [-0.2, 0) is 10.0 Å². The topological polar surface area (TPSA) is 52.7 Å². The average molecular weight is 424 g/mol. The van der Waals surface area contributed by atoms with Crippen LogP contribution in [0.25, 0.3) is 0 Å². The molecule has 2 aromatic carbocycles. The first-order chi connectivity index (χ1) is 12.1. The minimum Gasteiger partial charge on any atom is -0.369 e. The quantitative estimate of drug-likeness (QED) is 0.775. The third-order valence-corrected chi connectivity index (χ3v) is 6.81. The second-order valence-corrected chi connectivity index (χ2v) is 8.58. The van der Waals surface area contributed by atoms with Gasteiger partial charge in [0, 0.05) is 49.4 Å². The lowest BCUT2D eigenvalue weighted by Gasteiger charge is -2.36. The van der Waals surface area contributed by atoms with Gasteiger partial charge in [-0.1, -0.05) is 30.3 Å². The molecule has 0 radical (unpaired) electrons. The fourth-order valence-corrected chi connectivity index (χ4v) is 4.97. The van der Waals surface area contributed by atoms with Gasteiger partial charge < -0.3 is 4.90 Å². The molecule has 7 heteroatoms. The number of para-hydroxylation sites is 1. The summed E-state index contributed by atoms with van der Waals surface area (Å²) in [6.45, 7) is 4.92. The summed E-state index contributed by atoms with van der Waals surface area (Å²) >= 11 is 3.29. The molecule has 1 N–H and O–H groups in total. The Kier molecular flexibility index (Phi) is 6.11. The molecule has 1 aliphatic rings. The molecule has 1 aliphatic heterocycles. The zero-order chi connectivity index (χ0) is 17.7. The smallest absolute Gasteiger partial charge is 0.241 e. The van der Waals surface area contributed by atoms with Gasteiger partial charge in [-0.15, -0.1) is 0 Å². The van der Waals surface area contributed by atoms with Crippen molar-refractivity contribution in [2.45, 2.75) is 4.90 Å². The van der Waals surface area contributed by atoms with Crippen LogP contribution in [-0.4, -0.2) is 52.6 Å². The predicted octanol–water partition coefficient (Wildman–Crippen LogP) is 2.55. The van der Waals surface area contributed by atoms with Crippen molar-refractivity contribution in [2.24, 2.45) is 0 Å². The summed E-state index contributed by atoms with van der Waals surface area (Å²) in [4.78, 5) is 4.94. The summed E-state index contributed by atoms with van der Waals surface area (Å²) in [7, 11) is -3.48. The minimum absolute atomic E-state index is 0.281. The van der Waals surface area contributed by atoms with Gasteiger partial charge in [0.15, 0.2) is 0 Å². The zero-order valence-corrected chi connectivity index (χ0v) is 16.3. The fraction of sp³-hybridized carbons (Fsp3) is 0.333. The summed E-state index contributed by atoms with van der Waals surface area (Å²) in [5.74, 6) is 0. The van der Waals surface area contributed by atoms with Crippen LogP contribution >= 0.6 is 15.9 Å². The standard InChI is InChI=1S/C18H22BrN3O2S/c19-17-8-4-5-9-18(17)25(23,24)20-10-11-21-12-14-22(15-13-21)16-6-2-1-3-7-16/h1-9,20H,10-15H2. The summed E-state index contributed by atoms with van der Waals surface area (Å²) in [6.07, 6.45) is 0. The van der Waals surface area contributed by atoms with Crippen LogP contribution in [0.4, 0.5) is 5.69 Å². The van der Waals surface area contributed by atoms with Crippen molar-refractivity contribution in [3.63, 3.8) is 0 Å². The second kappa shape index (κ2) is 8.31. The van der Waals surface area contributed by atoms with Crippen LogP contribution in [0.5, 0.6) is 0 Å². The monoisotopic (exact) mass is 423 g/mol. The molecule has 1 fully saturated rings. The largest absolute Gasteiger partial charge is 0.369 e. The molecule has 0 amide bonds. The van der Waals surface area contributed by atoms with Gasteiger partial charge in [0.2, 0.25) is 10.0 Å². The Bertz CT molecular complexity index is 791. The summed E-state index contributed by atoms with van der Waals surface area (Å²) in [5, 5.41) is 0. The van der Waals surface area contributed by atoms with Crippen LogP contribution in [0.15, 0.2) is 64.0 Å². The van der Waals surface area contributed by atoms with Gasteiger partial charge in [-0.3, -0.25) is 4.90 Å². The molecule has 0 bridgehead atoms. The molecular formula is C18H22BrN3O2S. The van der Waals surface area contributed by atoms with Crippen molar-refractivity contribution in [3.8, 4) is 0 Å². The van der Waals surface area contributed by atoms with Crippen molar-refractivity contribution in [3.05, 3.63) is 59.1 Å². The first-order valence-corrected chi connectivity index (χ1v) is 10.6. The number of hydrogen-bond donors (Lipinski definition) is 1. The lowest BCUT2D eigenvalue weighted by molar-refractivity contribution is 0.262. The van der Waals surface area contributed by atoms with Crippen LogP contribution in [0.2, 0.25) is 0 Å². The van der Waals surface area contributed by atoms with Crippen LogP contribution < -0.4 is 9.62 Å². The molecule has 0 spiro atoms. The summed E-state index contributed by atoms with van der Waals surface area (Å²) in [6, 6.07) is 17.2. The zero-order valence-electron chi connectivity index (χ0n) is 13.9. The lowest BCUT2D eigenvalue weighted by atomic mass is 10.2. The normalized spacial score (nSPS) is 16.1. The predicted molar refractivity (Wildman–Crippen MR) is 104 cm³/mol. The van der Waals surface area contributed by atoms with E-state index in [4.69, 9.17) is 0 Å². The van der Waals surface area contributed by atoms with E-state index < -0.39 is 10.0 Å². The number of nitrogens with one attached hydrogen (secondary N) is 1. The highest BCUT2D eigenvalue weighted by Gasteiger charge is 2.19. The number of anilines is 1. The van der Waals surface area contributed by atoms with Crippen molar-refractivity contribution in [1.82, 2.24) is 9.62 Å². The molecule has 2 aromatic rings. The number of nitrogens with zero attached hydrogens (tertiary/aromatic N) is 2. The van der Waals surface area contributed by atoms with Crippen LogP contribution in [0, 0.1) is 0 Å². The number of halogens is 1. The molecule has 0 aromatic heterocycles. The van der Waals surface area contributed by atoms with E-state index in [0.717, 1.165) is 26.2 Å². The third kappa shape index (κ3) is 4.82. The maximum absolute atomic E-state index is 12.4. The molecule has 0 atom stereocenters. The molecule has 25 heavy (non-hydrogen) atoms. The Morgan fingerprint density at radius 1 is 0.920 bits per heavy atom. The molecular weight excluding hydrogens is 402 g/mol. The van der Waals surface area contributed by atoms with E-state index >= 15 is 0 Å². The molecule has 3 rings (SSSR count). The van der Waals surface area contributed by atoms with Gasteiger partial charge in [0.05, 0.1) is 4.90 Å². The molecule has 0 saturated carbocycles. The molecule has 1 saturated heterocycles. The van der Waals surface area contributed by atoms with E-state index in [2.05, 4.69) is 54.7 Å². The highest BCUT2D eigenvalue weighted by Crippen LogP contribution is 2.20. The Morgan fingerprint density at radius 3 is 2.24 bits per heavy atom. The number of benzene rings is 2. The maximum Gasteiger partial charge on any atom is 0.241 e. The number of rotatable bonds is 6. The maximum atomic E-state index is 12.4. The van der Waals surface area contributed by atoms with Gasteiger partial charge in [-0.25, -0.2) is 13.1 Å². The Labute approximate surface area is 157 Å². The van der Waals surface area contributed by atoms with Crippen molar-refractivity contribution in [2.75, 3.05) is 44.2 Å². The van der Waals surface area contributed by atoms with E-state index in [1.807, 2.05) is 6.07 Å². The van der Waals surface area contributed by atoms with E-state index in [1.54, 1.807) is 24.3 Å². The van der Waals surface area contributed by atoms with E-state index in [1.165, 1.54) is 5.69 Å². The van der Waals surface area contributed by atoms with Crippen LogP contribution in [0.3, 0.4) is 0 Å². The third-order valence-electron chi connectivity index (χ3n) is 4.34. The second-order valence-electron chi connectivity index (χ2n) is 5.99. The highest BCUT2D eigenvalue weighted by atomic mass is 79.9. The van der Waals surface area contributed by atoms with Gasteiger partial charge in [0.1, 0.15) is 0 Å². The minimum atomic E-state index is -3.48. The van der Waals surface area contributed by atoms with Crippen molar-refractivity contribution < 1.29 is 8.42 Å². The van der Waals surface area contributed by atoms with E-state index in [0.29, 0.717) is 17.6 Å². The Morgan fingerprint density at radius 2 is 1.56 bits per heavy atom. The highest BCUT2D eigenvalue weighted by molar-refractivity contribution is 9.10. The molecule has 0 unspecified atom stereocenters. The van der Waals surface area contributed by atoms with E-state index in [9.17, 15) is 8.42 Å². The molecule has 134 valence electrons. The van der Waals surface area contributed by atoms with Gasteiger partial charge in [-0.05, 0) is 40.2 Å². The number of hydrogen-bond acceptors (Lipinski definition) is 4. The van der Waals surface area contributed by atoms with Gasteiger partial charge in [-0.2, -0.15) is 0 Å². The average Bonchev–Trinajstić information content (AvgIpc) is 2.63. The van der Waals surface area contributed by atoms with Crippen molar-refractivity contribution >= 4 is 31.6 Å². The Balaban J connectivity index is 1.47. The first kappa shape index (κ1) is 18.4. The fourth-order valence-electron chi connectivity index (χ4n) is 2.95. The van der Waals surface area contributed by atoms with Crippen LogP contribution in [0.1, 0.15) is 0 Å². The summed E-state index contributed by atoms with van der Waals surface area (Å²) < 4.78 is 28.0. The van der Waals surface area contributed by atoms with E-state index in [-0.39, 0.29) is 4.90 Å². The van der Waals surface area contributed by atoms with Gasteiger partial charge in [0.25, 0.3) is 0 Å². The molecule has 1 heterocycles. The lowest BCUT2D eigenvalue weighted by Crippen LogP contribution is -2.48. The van der Waals surface area contributed by atoms with Crippen molar-refractivity contribution in [1.29, 1.82) is 0 Å². The number of sulfonamides is 1. The summed E-state index contributed by atoms with van der Waals surface area (Å²) in [5.41, 5.74) is 1.25. The SMILES string of the molecule is O=S(=O)(NCCN1CCN(c2ccccc2)CC1)c1ccccc1Br. The first-order valence-electron chi connectivity index (χ1n) is 8.33. The Hall–Kier alpha value is -1.41. The molecule has 0 aliphatic carbocycles.